The summed E-state index contributed by atoms with van der Waals surface area (Å²) in [7, 11) is 1.64. The molecule has 5 heteroatoms. The zero-order valence-corrected chi connectivity index (χ0v) is 13.6. The maximum Gasteiger partial charge on any atom is 0.227 e. The van der Waals surface area contributed by atoms with Crippen LogP contribution in [0, 0.1) is 5.92 Å². The Bertz CT molecular complexity index is 450. The van der Waals surface area contributed by atoms with Crippen molar-refractivity contribution in [3.8, 4) is 5.75 Å². The molecule has 1 fully saturated rings. The lowest BCUT2D eigenvalue weighted by Crippen LogP contribution is -2.35. The fourth-order valence-electron chi connectivity index (χ4n) is 2.92. The van der Waals surface area contributed by atoms with E-state index in [1.54, 1.807) is 7.11 Å². The summed E-state index contributed by atoms with van der Waals surface area (Å²) in [6.45, 7) is 2.67. The molecule has 2 atom stereocenters. The second kappa shape index (κ2) is 8.25. The van der Waals surface area contributed by atoms with Crippen LogP contribution < -0.4 is 15.4 Å². The lowest BCUT2D eigenvalue weighted by Gasteiger charge is -2.24. The second-order valence-electron chi connectivity index (χ2n) is 5.39. The maximum atomic E-state index is 12.5. The predicted molar refractivity (Wildman–Crippen MR) is 88.2 cm³/mol. The number of anilines is 1. The molecule has 0 spiro atoms. The Morgan fingerprint density at radius 3 is 2.48 bits per heavy atom. The van der Waals surface area contributed by atoms with Gasteiger partial charge in [-0.2, -0.15) is 0 Å². The Kier molecular flexibility index (Phi) is 6.99. The number of hydrogen-bond donors (Lipinski definition) is 1. The molecule has 0 radical (unpaired) electrons. The molecule has 1 aliphatic carbocycles. The molecule has 0 saturated heterocycles. The van der Waals surface area contributed by atoms with Crippen molar-refractivity contribution in [3.63, 3.8) is 0 Å². The third kappa shape index (κ3) is 4.35. The first-order chi connectivity index (χ1) is 9.65. The minimum atomic E-state index is 0. The van der Waals surface area contributed by atoms with Gasteiger partial charge in [0.2, 0.25) is 5.91 Å². The highest BCUT2D eigenvalue weighted by atomic mass is 35.5. The topological polar surface area (TPSA) is 55.6 Å². The predicted octanol–water partition coefficient (Wildman–Crippen LogP) is 2.99. The Morgan fingerprint density at radius 1 is 1.33 bits per heavy atom. The molecule has 1 aromatic carbocycles. The van der Waals surface area contributed by atoms with Crippen molar-refractivity contribution in [2.75, 3.05) is 18.6 Å². The van der Waals surface area contributed by atoms with Crippen LogP contribution in [0.3, 0.4) is 0 Å². The van der Waals surface area contributed by atoms with Crippen LogP contribution >= 0.6 is 12.4 Å². The van der Waals surface area contributed by atoms with Crippen molar-refractivity contribution in [2.45, 2.75) is 38.6 Å². The number of carbonyl (C=O) groups excluding carboxylic acids is 1. The molecule has 0 heterocycles. The number of hydrogen-bond acceptors (Lipinski definition) is 3. The van der Waals surface area contributed by atoms with E-state index < -0.39 is 0 Å². The number of carbonyl (C=O) groups is 1. The molecule has 2 rings (SSSR count). The zero-order valence-electron chi connectivity index (χ0n) is 12.7. The first kappa shape index (κ1) is 17.8. The van der Waals surface area contributed by atoms with Crippen molar-refractivity contribution < 1.29 is 9.53 Å². The fraction of sp³-hybridized carbons (Fsp3) is 0.562. The van der Waals surface area contributed by atoms with Crippen LogP contribution in [-0.2, 0) is 4.79 Å². The summed E-state index contributed by atoms with van der Waals surface area (Å²) >= 11 is 0. The van der Waals surface area contributed by atoms with E-state index in [4.69, 9.17) is 10.5 Å². The van der Waals surface area contributed by atoms with E-state index >= 15 is 0 Å². The normalized spacial score (nSPS) is 20.7. The van der Waals surface area contributed by atoms with E-state index in [9.17, 15) is 4.79 Å². The van der Waals surface area contributed by atoms with Gasteiger partial charge in [-0.1, -0.05) is 6.42 Å². The summed E-state index contributed by atoms with van der Waals surface area (Å²) < 4.78 is 5.14. The summed E-state index contributed by atoms with van der Waals surface area (Å²) in [6, 6.07) is 7.80. The maximum absolute atomic E-state index is 12.5. The van der Waals surface area contributed by atoms with Gasteiger partial charge in [-0.3, -0.25) is 4.79 Å². The Hall–Kier alpha value is -1.26. The fourth-order valence-corrected chi connectivity index (χ4v) is 2.92. The van der Waals surface area contributed by atoms with Gasteiger partial charge in [0.25, 0.3) is 0 Å². The molecule has 0 bridgehead atoms. The average Bonchev–Trinajstić information content (AvgIpc) is 2.86. The van der Waals surface area contributed by atoms with Gasteiger partial charge in [-0.25, -0.2) is 0 Å². The lowest BCUT2D eigenvalue weighted by molar-refractivity contribution is -0.119. The first-order valence-corrected chi connectivity index (χ1v) is 7.35. The summed E-state index contributed by atoms with van der Waals surface area (Å²) in [6.07, 6.45) is 3.83. The van der Waals surface area contributed by atoms with E-state index in [2.05, 4.69) is 0 Å². The molecule has 1 aromatic rings. The average molecular weight is 313 g/mol. The molecule has 2 N–H and O–H groups in total. The van der Waals surface area contributed by atoms with Crippen LogP contribution in [0.15, 0.2) is 24.3 Å². The van der Waals surface area contributed by atoms with E-state index in [1.165, 1.54) is 0 Å². The molecule has 118 valence electrons. The van der Waals surface area contributed by atoms with Gasteiger partial charge < -0.3 is 15.4 Å². The molecule has 0 unspecified atom stereocenters. The number of nitrogens with zero attached hydrogens (tertiary/aromatic N) is 1. The highest BCUT2D eigenvalue weighted by molar-refractivity contribution is 5.93. The smallest absolute Gasteiger partial charge is 0.227 e. The monoisotopic (exact) mass is 312 g/mol. The van der Waals surface area contributed by atoms with E-state index in [-0.39, 0.29) is 24.4 Å². The molecular weight excluding hydrogens is 288 g/mol. The minimum Gasteiger partial charge on any atom is -0.497 e. The summed E-state index contributed by atoms with van der Waals surface area (Å²) in [5.74, 6) is 1.31. The number of nitrogens with two attached hydrogens (primary N) is 1. The van der Waals surface area contributed by atoms with Crippen LogP contribution in [0.1, 0.15) is 32.6 Å². The quantitative estimate of drug-likeness (QED) is 0.909. The van der Waals surface area contributed by atoms with E-state index in [0.29, 0.717) is 18.9 Å². The summed E-state index contributed by atoms with van der Waals surface area (Å²) in [4.78, 5) is 14.3. The Balaban J connectivity index is 0.00000220. The molecular formula is C16H25ClN2O2. The van der Waals surface area contributed by atoms with Crippen molar-refractivity contribution in [1.29, 1.82) is 0 Å². The first-order valence-electron chi connectivity index (χ1n) is 7.35. The Morgan fingerprint density at radius 2 is 2.00 bits per heavy atom. The molecule has 1 aliphatic rings. The molecule has 1 saturated carbocycles. The highest BCUT2D eigenvalue weighted by Gasteiger charge is 2.28. The van der Waals surface area contributed by atoms with Gasteiger partial charge in [0.1, 0.15) is 5.75 Å². The van der Waals surface area contributed by atoms with Gasteiger partial charge in [0.05, 0.1) is 7.11 Å². The van der Waals surface area contributed by atoms with E-state index in [1.807, 2.05) is 36.1 Å². The summed E-state index contributed by atoms with van der Waals surface area (Å²) in [5.41, 5.74) is 6.98. The summed E-state index contributed by atoms with van der Waals surface area (Å²) in [5, 5.41) is 0. The number of methoxy groups -OCH3 is 1. The van der Waals surface area contributed by atoms with Gasteiger partial charge in [0.15, 0.2) is 0 Å². The number of halogens is 1. The number of benzene rings is 1. The standard InChI is InChI=1S/C16H24N2O2.ClH/c1-3-18(13-7-9-14(20-2)10-8-13)16(19)11-12-5-4-6-15(12)17;/h7-10,12,15H,3-6,11,17H2,1-2H3;1H/t12-,15+;/m0./s1. The SMILES string of the molecule is CCN(C(=O)C[C@@H]1CCC[C@H]1N)c1ccc(OC)cc1.Cl. The molecule has 0 aromatic heterocycles. The van der Waals surface area contributed by atoms with Crippen LogP contribution in [0.2, 0.25) is 0 Å². The van der Waals surface area contributed by atoms with Crippen molar-refractivity contribution in [2.24, 2.45) is 11.7 Å². The molecule has 4 nitrogen and oxygen atoms in total. The molecule has 1 amide bonds. The number of rotatable bonds is 5. The third-order valence-corrected chi connectivity index (χ3v) is 4.16. The van der Waals surface area contributed by atoms with Gasteiger partial charge in [-0.05, 0) is 49.9 Å². The highest BCUT2D eigenvalue weighted by Crippen LogP contribution is 2.28. The van der Waals surface area contributed by atoms with Crippen LogP contribution in [0.25, 0.3) is 0 Å². The van der Waals surface area contributed by atoms with Crippen molar-refractivity contribution in [3.05, 3.63) is 24.3 Å². The largest absolute Gasteiger partial charge is 0.497 e. The second-order valence-corrected chi connectivity index (χ2v) is 5.39. The van der Waals surface area contributed by atoms with E-state index in [0.717, 1.165) is 30.7 Å². The van der Waals surface area contributed by atoms with Gasteiger partial charge in [0, 0.05) is 24.7 Å². The van der Waals surface area contributed by atoms with Crippen molar-refractivity contribution in [1.82, 2.24) is 0 Å². The van der Waals surface area contributed by atoms with Gasteiger partial charge in [-0.15, -0.1) is 12.4 Å². The minimum absolute atomic E-state index is 0. The van der Waals surface area contributed by atoms with Crippen molar-refractivity contribution >= 4 is 24.0 Å². The molecule has 0 aliphatic heterocycles. The number of amides is 1. The van der Waals surface area contributed by atoms with Crippen LogP contribution in [0.4, 0.5) is 5.69 Å². The van der Waals surface area contributed by atoms with Crippen LogP contribution in [-0.4, -0.2) is 25.6 Å². The van der Waals surface area contributed by atoms with Crippen LogP contribution in [0.5, 0.6) is 5.75 Å². The molecule has 21 heavy (non-hydrogen) atoms. The lowest BCUT2D eigenvalue weighted by atomic mass is 9.99. The zero-order chi connectivity index (χ0) is 14.5. The third-order valence-electron chi connectivity index (χ3n) is 4.16. The number of ether oxygens (including phenoxy) is 1. The Labute approximate surface area is 133 Å². The van der Waals surface area contributed by atoms with Gasteiger partial charge >= 0.3 is 0 Å².